The van der Waals surface area contributed by atoms with Gasteiger partial charge >= 0.3 is 0 Å². The number of carbonyl (C=O) groups is 1. The Labute approximate surface area is 152 Å². The average Bonchev–Trinajstić information content (AvgIpc) is 3.43. The monoisotopic (exact) mass is 356 g/mol. The molecular weight excluding hydrogens is 332 g/mol. The standard InChI is InChI=1S/C19H24N4OS/c1-14(18(24)22-12-6-3-7-13-22)25-19-20-17(15-10-11-15)23(21-19)16-8-4-2-5-9-16/h2,4-5,8-9,14-15H,3,6-7,10-13H2,1H3/t14-/m1/s1. The van der Waals surface area contributed by atoms with E-state index in [1.165, 1.54) is 31.0 Å². The number of amides is 1. The lowest BCUT2D eigenvalue weighted by Crippen LogP contribution is -2.40. The Morgan fingerprint density at radius 2 is 1.88 bits per heavy atom. The molecule has 25 heavy (non-hydrogen) atoms. The molecule has 2 aliphatic rings. The highest BCUT2D eigenvalue weighted by molar-refractivity contribution is 8.00. The van der Waals surface area contributed by atoms with E-state index >= 15 is 0 Å². The zero-order valence-electron chi connectivity index (χ0n) is 14.6. The zero-order chi connectivity index (χ0) is 17.2. The smallest absolute Gasteiger partial charge is 0.235 e. The minimum atomic E-state index is -0.142. The number of rotatable bonds is 5. The SMILES string of the molecule is C[C@@H](Sc1nc(C2CC2)n(-c2ccccc2)n1)C(=O)N1CCCCC1. The first kappa shape index (κ1) is 16.6. The predicted octanol–water partition coefficient (Wildman–Crippen LogP) is 3.64. The van der Waals surface area contributed by atoms with Gasteiger partial charge in [-0.3, -0.25) is 4.79 Å². The normalized spacial score (nSPS) is 19.0. The number of aromatic nitrogens is 3. The first-order chi connectivity index (χ1) is 12.2. The van der Waals surface area contributed by atoms with Gasteiger partial charge < -0.3 is 4.90 Å². The summed E-state index contributed by atoms with van der Waals surface area (Å²) in [5, 5.41) is 5.28. The summed E-state index contributed by atoms with van der Waals surface area (Å²) in [6.07, 6.45) is 5.83. The summed E-state index contributed by atoms with van der Waals surface area (Å²) in [5.41, 5.74) is 1.04. The second-order valence-corrected chi connectivity index (χ2v) is 8.23. The van der Waals surface area contributed by atoms with Crippen molar-refractivity contribution in [2.45, 2.75) is 55.4 Å². The van der Waals surface area contributed by atoms with Gasteiger partial charge in [-0.05, 0) is 51.2 Å². The van der Waals surface area contributed by atoms with Crippen molar-refractivity contribution in [3.05, 3.63) is 36.2 Å². The molecule has 1 saturated heterocycles. The van der Waals surface area contributed by atoms with Gasteiger partial charge in [-0.1, -0.05) is 30.0 Å². The van der Waals surface area contributed by atoms with Crippen LogP contribution in [-0.4, -0.2) is 43.9 Å². The lowest BCUT2D eigenvalue weighted by Gasteiger charge is -2.28. The lowest BCUT2D eigenvalue weighted by atomic mass is 10.1. The molecule has 1 aromatic heterocycles. The fourth-order valence-electron chi connectivity index (χ4n) is 3.30. The number of thioether (sulfide) groups is 1. The fourth-order valence-corrected chi connectivity index (χ4v) is 4.14. The summed E-state index contributed by atoms with van der Waals surface area (Å²) >= 11 is 1.49. The second-order valence-electron chi connectivity index (χ2n) is 6.92. The van der Waals surface area contributed by atoms with Crippen LogP contribution < -0.4 is 0 Å². The number of carbonyl (C=O) groups excluding carboxylic acids is 1. The van der Waals surface area contributed by atoms with Crippen LogP contribution in [-0.2, 0) is 4.79 Å². The van der Waals surface area contributed by atoms with Crippen molar-refractivity contribution in [2.75, 3.05) is 13.1 Å². The molecule has 2 aromatic rings. The third-order valence-corrected chi connectivity index (χ3v) is 5.79. The van der Waals surface area contributed by atoms with Crippen LogP contribution in [0.5, 0.6) is 0 Å². The maximum absolute atomic E-state index is 12.7. The minimum absolute atomic E-state index is 0.142. The van der Waals surface area contributed by atoms with Gasteiger partial charge in [0.2, 0.25) is 11.1 Å². The van der Waals surface area contributed by atoms with Crippen LogP contribution in [0.4, 0.5) is 0 Å². The topological polar surface area (TPSA) is 51.0 Å². The minimum Gasteiger partial charge on any atom is -0.342 e. The quantitative estimate of drug-likeness (QED) is 0.768. The molecule has 6 heteroatoms. The maximum Gasteiger partial charge on any atom is 0.235 e. The third kappa shape index (κ3) is 3.73. The molecule has 1 aliphatic heterocycles. The van der Waals surface area contributed by atoms with Gasteiger partial charge in [-0.15, -0.1) is 5.10 Å². The molecule has 0 radical (unpaired) electrons. The Kier molecular flexibility index (Phi) is 4.79. The van der Waals surface area contributed by atoms with E-state index in [9.17, 15) is 4.79 Å². The lowest BCUT2D eigenvalue weighted by molar-refractivity contribution is -0.131. The summed E-state index contributed by atoms with van der Waals surface area (Å²) in [6.45, 7) is 3.76. The average molecular weight is 356 g/mol. The van der Waals surface area contributed by atoms with E-state index in [0.717, 1.165) is 37.4 Å². The van der Waals surface area contributed by atoms with Crippen LogP contribution in [0, 0.1) is 0 Å². The highest BCUT2D eigenvalue weighted by atomic mass is 32.2. The van der Waals surface area contributed by atoms with Crippen molar-refractivity contribution in [2.24, 2.45) is 0 Å². The van der Waals surface area contributed by atoms with E-state index in [1.807, 2.05) is 34.7 Å². The molecule has 2 heterocycles. The van der Waals surface area contributed by atoms with Gasteiger partial charge in [-0.25, -0.2) is 9.67 Å². The van der Waals surface area contributed by atoms with Gasteiger partial charge in [0, 0.05) is 19.0 Å². The molecule has 0 unspecified atom stereocenters. The fraction of sp³-hybridized carbons (Fsp3) is 0.526. The summed E-state index contributed by atoms with van der Waals surface area (Å²) in [6, 6.07) is 10.1. The molecule has 1 amide bonds. The van der Waals surface area contributed by atoms with Crippen LogP contribution in [0.15, 0.2) is 35.5 Å². The van der Waals surface area contributed by atoms with Crippen molar-refractivity contribution < 1.29 is 4.79 Å². The highest BCUT2D eigenvalue weighted by Crippen LogP contribution is 2.40. The van der Waals surface area contributed by atoms with Crippen molar-refractivity contribution in [1.29, 1.82) is 0 Å². The highest BCUT2D eigenvalue weighted by Gasteiger charge is 2.31. The number of benzene rings is 1. The molecule has 0 bridgehead atoms. The molecule has 0 spiro atoms. The second kappa shape index (κ2) is 7.20. The molecule has 1 atom stereocenters. The van der Waals surface area contributed by atoms with Crippen LogP contribution in [0.25, 0.3) is 5.69 Å². The Morgan fingerprint density at radius 3 is 2.56 bits per heavy atom. The summed E-state index contributed by atoms with van der Waals surface area (Å²) in [4.78, 5) is 19.4. The first-order valence-electron chi connectivity index (χ1n) is 9.20. The number of hydrogen-bond acceptors (Lipinski definition) is 4. The van der Waals surface area contributed by atoms with Crippen LogP contribution >= 0.6 is 11.8 Å². The van der Waals surface area contributed by atoms with E-state index in [0.29, 0.717) is 11.1 Å². The summed E-state index contributed by atoms with van der Waals surface area (Å²) in [5.74, 6) is 1.76. The number of para-hydroxylation sites is 1. The molecule has 0 N–H and O–H groups in total. The zero-order valence-corrected chi connectivity index (χ0v) is 15.4. The molecular formula is C19H24N4OS. The Balaban J connectivity index is 1.51. The van der Waals surface area contributed by atoms with Crippen LogP contribution in [0.2, 0.25) is 0 Å². The van der Waals surface area contributed by atoms with Gasteiger partial charge in [-0.2, -0.15) is 0 Å². The molecule has 1 saturated carbocycles. The molecule has 4 rings (SSSR count). The van der Waals surface area contributed by atoms with Gasteiger partial charge in [0.15, 0.2) is 0 Å². The van der Waals surface area contributed by atoms with Gasteiger partial charge in [0.1, 0.15) is 5.82 Å². The Morgan fingerprint density at radius 1 is 1.16 bits per heavy atom. The summed E-state index contributed by atoms with van der Waals surface area (Å²) < 4.78 is 1.96. The molecule has 5 nitrogen and oxygen atoms in total. The molecule has 1 aromatic carbocycles. The van der Waals surface area contributed by atoms with Crippen LogP contribution in [0.1, 0.15) is 50.8 Å². The predicted molar refractivity (Wildman–Crippen MR) is 99.1 cm³/mol. The van der Waals surface area contributed by atoms with E-state index in [-0.39, 0.29) is 11.2 Å². The van der Waals surface area contributed by atoms with E-state index < -0.39 is 0 Å². The molecule has 1 aliphatic carbocycles. The Hall–Kier alpha value is -1.82. The van der Waals surface area contributed by atoms with E-state index in [4.69, 9.17) is 10.1 Å². The van der Waals surface area contributed by atoms with Gasteiger partial charge in [0.05, 0.1) is 10.9 Å². The van der Waals surface area contributed by atoms with E-state index in [2.05, 4.69) is 12.1 Å². The molecule has 2 fully saturated rings. The van der Waals surface area contributed by atoms with Crippen LogP contribution in [0.3, 0.4) is 0 Å². The third-order valence-electron chi connectivity index (χ3n) is 4.85. The molecule has 132 valence electrons. The number of nitrogens with zero attached hydrogens (tertiary/aromatic N) is 4. The van der Waals surface area contributed by atoms with Crippen molar-refractivity contribution >= 4 is 17.7 Å². The van der Waals surface area contributed by atoms with E-state index in [1.54, 1.807) is 0 Å². The number of piperidine rings is 1. The van der Waals surface area contributed by atoms with Gasteiger partial charge in [0.25, 0.3) is 0 Å². The number of hydrogen-bond donors (Lipinski definition) is 0. The van der Waals surface area contributed by atoms with Crippen molar-refractivity contribution in [3.8, 4) is 5.69 Å². The van der Waals surface area contributed by atoms with Crippen molar-refractivity contribution in [3.63, 3.8) is 0 Å². The largest absolute Gasteiger partial charge is 0.342 e. The summed E-state index contributed by atoms with van der Waals surface area (Å²) in [7, 11) is 0. The first-order valence-corrected chi connectivity index (χ1v) is 10.1. The van der Waals surface area contributed by atoms with Crippen molar-refractivity contribution in [1.82, 2.24) is 19.7 Å². The maximum atomic E-state index is 12.7. The number of likely N-dealkylation sites (tertiary alicyclic amines) is 1. The Bertz CT molecular complexity index is 735.